The Hall–Kier alpha value is -3.53. The lowest BCUT2D eigenvalue weighted by atomic mass is 10.0. The van der Waals surface area contributed by atoms with Crippen molar-refractivity contribution in [2.75, 3.05) is 30.9 Å². The van der Waals surface area contributed by atoms with E-state index in [0.29, 0.717) is 23.9 Å². The number of hydrogen-bond donors (Lipinski definition) is 1. The second-order valence-electron chi connectivity index (χ2n) is 6.22. The summed E-state index contributed by atoms with van der Waals surface area (Å²) in [4.78, 5) is 19.4. The van der Waals surface area contributed by atoms with Crippen LogP contribution >= 0.6 is 0 Å². The van der Waals surface area contributed by atoms with Gasteiger partial charge in [0.2, 0.25) is 5.95 Å². The minimum Gasteiger partial charge on any atom is -0.363 e. The summed E-state index contributed by atoms with van der Waals surface area (Å²) < 4.78 is 0. The zero-order valence-corrected chi connectivity index (χ0v) is 15.4. The molecule has 1 N–H and O–H groups in total. The molecule has 7 nitrogen and oxygen atoms in total. The average Bonchev–Trinajstić information content (AvgIpc) is 2.70. The molecule has 0 radical (unpaired) electrons. The fourth-order valence-corrected chi connectivity index (χ4v) is 2.60. The first kappa shape index (κ1) is 18.3. The summed E-state index contributed by atoms with van der Waals surface area (Å²) >= 11 is 0. The summed E-state index contributed by atoms with van der Waals surface area (Å²) in [5.41, 5.74) is 2.44. The number of aromatic nitrogens is 4. The predicted molar refractivity (Wildman–Crippen MR) is 104 cm³/mol. The van der Waals surface area contributed by atoms with E-state index in [9.17, 15) is 5.26 Å². The largest absolute Gasteiger partial charge is 0.363 e. The Balaban J connectivity index is 1.63. The highest BCUT2D eigenvalue weighted by Gasteiger charge is 2.16. The zero-order valence-electron chi connectivity index (χ0n) is 15.4. The molecular formula is C20H21N7. The minimum absolute atomic E-state index is 0.501. The van der Waals surface area contributed by atoms with Crippen molar-refractivity contribution in [3.8, 4) is 6.07 Å². The van der Waals surface area contributed by atoms with E-state index in [1.54, 1.807) is 18.5 Å². The molecule has 3 heterocycles. The van der Waals surface area contributed by atoms with E-state index in [0.717, 1.165) is 17.8 Å². The second kappa shape index (κ2) is 8.72. The number of nitrogens with one attached hydrogen (secondary N) is 1. The van der Waals surface area contributed by atoms with E-state index in [4.69, 9.17) is 0 Å². The number of rotatable bonds is 7. The van der Waals surface area contributed by atoms with Crippen LogP contribution in [0.3, 0.4) is 0 Å². The molecule has 0 aromatic carbocycles. The summed E-state index contributed by atoms with van der Waals surface area (Å²) in [6.45, 7) is 0.674. The lowest BCUT2D eigenvalue weighted by Gasteiger charge is -2.12. The van der Waals surface area contributed by atoms with Crippen molar-refractivity contribution in [1.29, 1.82) is 5.26 Å². The van der Waals surface area contributed by atoms with Gasteiger partial charge in [0.25, 0.3) is 0 Å². The summed E-state index contributed by atoms with van der Waals surface area (Å²) in [5, 5.41) is 12.7. The molecule has 1 atom stereocenters. The molecule has 136 valence electrons. The van der Waals surface area contributed by atoms with Crippen molar-refractivity contribution in [3.05, 3.63) is 71.9 Å². The Morgan fingerprint density at radius 1 is 1.04 bits per heavy atom. The third-order valence-corrected chi connectivity index (χ3v) is 4.05. The molecule has 0 spiro atoms. The maximum atomic E-state index is 9.53. The van der Waals surface area contributed by atoms with Crippen molar-refractivity contribution in [1.82, 2.24) is 19.9 Å². The topological polar surface area (TPSA) is 90.6 Å². The van der Waals surface area contributed by atoms with Gasteiger partial charge in [-0.25, -0.2) is 15.0 Å². The monoisotopic (exact) mass is 359 g/mol. The van der Waals surface area contributed by atoms with Gasteiger partial charge in [0.1, 0.15) is 11.7 Å². The molecular weight excluding hydrogens is 338 g/mol. The van der Waals surface area contributed by atoms with Crippen LogP contribution in [0.2, 0.25) is 0 Å². The van der Waals surface area contributed by atoms with E-state index in [1.165, 1.54) is 0 Å². The lowest BCUT2D eigenvalue weighted by molar-refractivity contribution is 0.893. The van der Waals surface area contributed by atoms with Crippen molar-refractivity contribution in [2.24, 2.45) is 0 Å². The van der Waals surface area contributed by atoms with Crippen LogP contribution < -0.4 is 10.2 Å². The van der Waals surface area contributed by atoms with E-state index in [1.807, 2.05) is 49.5 Å². The average molecular weight is 359 g/mol. The van der Waals surface area contributed by atoms with Crippen LogP contribution in [0.25, 0.3) is 0 Å². The van der Waals surface area contributed by atoms with Crippen LogP contribution in [0.5, 0.6) is 0 Å². The van der Waals surface area contributed by atoms with Gasteiger partial charge in [0.15, 0.2) is 0 Å². The third-order valence-electron chi connectivity index (χ3n) is 4.05. The SMILES string of the molecule is CN(C)c1ccc(CCNc2nccc(C(C#N)c3ccccn3)n2)cn1. The molecule has 0 aliphatic heterocycles. The van der Waals surface area contributed by atoms with Gasteiger partial charge >= 0.3 is 0 Å². The molecule has 0 fully saturated rings. The normalized spacial score (nSPS) is 11.4. The van der Waals surface area contributed by atoms with Crippen molar-refractivity contribution >= 4 is 11.8 Å². The van der Waals surface area contributed by atoms with Gasteiger partial charge in [-0.3, -0.25) is 4.98 Å². The Morgan fingerprint density at radius 3 is 2.59 bits per heavy atom. The second-order valence-corrected chi connectivity index (χ2v) is 6.22. The first-order valence-corrected chi connectivity index (χ1v) is 8.67. The summed E-state index contributed by atoms with van der Waals surface area (Å²) in [5.74, 6) is 0.916. The highest BCUT2D eigenvalue weighted by molar-refractivity contribution is 5.38. The highest BCUT2D eigenvalue weighted by atomic mass is 15.1. The quantitative estimate of drug-likeness (QED) is 0.693. The van der Waals surface area contributed by atoms with Crippen LogP contribution in [-0.2, 0) is 6.42 Å². The van der Waals surface area contributed by atoms with Crippen LogP contribution in [0.4, 0.5) is 11.8 Å². The molecule has 0 amide bonds. The Morgan fingerprint density at radius 2 is 1.93 bits per heavy atom. The van der Waals surface area contributed by atoms with Crippen LogP contribution in [0.1, 0.15) is 22.9 Å². The molecule has 0 aliphatic rings. The van der Waals surface area contributed by atoms with Gasteiger partial charge < -0.3 is 10.2 Å². The lowest BCUT2D eigenvalue weighted by Crippen LogP contribution is -2.12. The zero-order chi connectivity index (χ0) is 19.1. The molecule has 3 aromatic heterocycles. The van der Waals surface area contributed by atoms with Crippen LogP contribution in [0.15, 0.2) is 55.0 Å². The fraction of sp³-hybridized carbons (Fsp3) is 0.250. The maximum absolute atomic E-state index is 9.53. The number of nitrogens with zero attached hydrogens (tertiary/aromatic N) is 6. The van der Waals surface area contributed by atoms with Crippen molar-refractivity contribution < 1.29 is 0 Å². The Labute approximate surface area is 158 Å². The predicted octanol–water partition coefficient (Wildman–Crippen LogP) is 2.64. The smallest absolute Gasteiger partial charge is 0.222 e. The third kappa shape index (κ3) is 4.76. The molecule has 0 saturated heterocycles. The number of anilines is 2. The number of hydrogen-bond acceptors (Lipinski definition) is 7. The van der Waals surface area contributed by atoms with Gasteiger partial charge in [-0.2, -0.15) is 5.26 Å². The highest BCUT2D eigenvalue weighted by Crippen LogP contribution is 2.20. The molecule has 0 bridgehead atoms. The van der Waals surface area contributed by atoms with Gasteiger partial charge in [0, 0.05) is 39.2 Å². The van der Waals surface area contributed by atoms with E-state index < -0.39 is 5.92 Å². The molecule has 3 aromatic rings. The molecule has 3 rings (SSSR count). The molecule has 7 heteroatoms. The van der Waals surface area contributed by atoms with Crippen molar-refractivity contribution in [3.63, 3.8) is 0 Å². The van der Waals surface area contributed by atoms with Crippen LogP contribution in [-0.4, -0.2) is 40.6 Å². The summed E-state index contributed by atoms with van der Waals surface area (Å²) in [6.07, 6.45) is 6.01. The van der Waals surface area contributed by atoms with Crippen molar-refractivity contribution in [2.45, 2.75) is 12.3 Å². The summed E-state index contributed by atoms with van der Waals surface area (Å²) in [7, 11) is 3.93. The standard InChI is InChI=1S/C20H21N7/c1-27(2)19-7-6-15(14-25-19)8-11-23-20-24-12-9-18(26-20)16(13-21)17-5-3-4-10-22-17/h3-7,9-10,12,14,16H,8,11H2,1-2H3,(H,23,24,26). The maximum Gasteiger partial charge on any atom is 0.222 e. The van der Waals surface area contributed by atoms with E-state index in [2.05, 4.69) is 37.4 Å². The van der Waals surface area contributed by atoms with Crippen LogP contribution in [0, 0.1) is 11.3 Å². The van der Waals surface area contributed by atoms with E-state index in [-0.39, 0.29) is 0 Å². The van der Waals surface area contributed by atoms with Gasteiger partial charge in [0.05, 0.1) is 17.5 Å². The molecule has 0 saturated carbocycles. The summed E-state index contributed by atoms with van der Waals surface area (Å²) in [6, 6.07) is 13.6. The minimum atomic E-state index is -0.516. The first-order valence-electron chi connectivity index (χ1n) is 8.67. The Bertz CT molecular complexity index is 902. The van der Waals surface area contributed by atoms with Gasteiger partial charge in [-0.05, 0) is 36.2 Å². The fourth-order valence-electron chi connectivity index (χ4n) is 2.60. The first-order chi connectivity index (χ1) is 13.2. The molecule has 1 unspecified atom stereocenters. The van der Waals surface area contributed by atoms with Gasteiger partial charge in [-0.1, -0.05) is 12.1 Å². The molecule has 27 heavy (non-hydrogen) atoms. The van der Waals surface area contributed by atoms with E-state index >= 15 is 0 Å². The number of pyridine rings is 2. The molecule has 0 aliphatic carbocycles. The number of nitriles is 1. The Kier molecular flexibility index (Phi) is 5.90. The van der Waals surface area contributed by atoms with Gasteiger partial charge in [-0.15, -0.1) is 0 Å².